The van der Waals surface area contributed by atoms with Crippen LogP contribution in [0.1, 0.15) is 23.9 Å². The maximum Gasteiger partial charge on any atom is 0.259 e. The number of rotatable bonds is 4. The number of fused-ring (bicyclic) bond motifs is 1. The second kappa shape index (κ2) is 7.24. The molecule has 0 aliphatic carbocycles. The highest BCUT2D eigenvalue weighted by Gasteiger charge is 2.09. The summed E-state index contributed by atoms with van der Waals surface area (Å²) in [7, 11) is 3.94. The summed E-state index contributed by atoms with van der Waals surface area (Å²) in [6, 6.07) is 15.6. The lowest BCUT2D eigenvalue weighted by Gasteiger charge is -2.11. The first-order valence-corrected chi connectivity index (χ1v) is 8.44. The van der Waals surface area contributed by atoms with Crippen molar-refractivity contribution >= 4 is 28.2 Å². The van der Waals surface area contributed by atoms with E-state index >= 15 is 0 Å². The van der Waals surface area contributed by atoms with Crippen molar-refractivity contribution in [2.24, 2.45) is 0 Å². The van der Waals surface area contributed by atoms with Gasteiger partial charge in [-0.05, 0) is 47.9 Å². The zero-order valence-electron chi connectivity index (χ0n) is 15.1. The van der Waals surface area contributed by atoms with Crippen LogP contribution in [0.2, 0.25) is 0 Å². The first kappa shape index (κ1) is 17.4. The minimum absolute atomic E-state index is 0.232. The van der Waals surface area contributed by atoms with Gasteiger partial charge >= 0.3 is 0 Å². The Hall–Kier alpha value is -3.39. The number of aromatic amines is 1. The summed E-state index contributed by atoms with van der Waals surface area (Å²) >= 11 is 0. The van der Waals surface area contributed by atoms with E-state index in [2.05, 4.69) is 16.0 Å². The summed E-state index contributed by atoms with van der Waals surface area (Å²) in [6.07, 6.45) is 2.58. The maximum absolute atomic E-state index is 12.4. The molecule has 0 bridgehead atoms. The number of H-pyrrole nitrogens is 1. The molecular formula is C21H20N4O. The molecule has 0 aliphatic rings. The lowest BCUT2D eigenvalue weighted by molar-refractivity contribution is 1.11. The van der Waals surface area contributed by atoms with E-state index in [1.54, 1.807) is 6.08 Å². The van der Waals surface area contributed by atoms with E-state index in [-0.39, 0.29) is 11.4 Å². The zero-order valence-corrected chi connectivity index (χ0v) is 15.1. The number of benzene rings is 2. The van der Waals surface area contributed by atoms with Crippen LogP contribution < -0.4 is 10.5 Å². The fraction of sp³-hybridized carbons (Fsp3) is 0.190. The third-order valence-corrected chi connectivity index (χ3v) is 4.27. The molecule has 0 amide bonds. The third-order valence-electron chi connectivity index (χ3n) is 4.27. The van der Waals surface area contributed by atoms with Gasteiger partial charge in [0.05, 0.1) is 16.5 Å². The van der Waals surface area contributed by atoms with E-state index in [1.165, 1.54) is 0 Å². The topological polar surface area (TPSA) is 72.8 Å². The van der Waals surface area contributed by atoms with Gasteiger partial charge in [-0.1, -0.05) is 25.1 Å². The fourth-order valence-electron chi connectivity index (χ4n) is 2.72. The Morgan fingerprint density at radius 1 is 1.23 bits per heavy atom. The minimum atomic E-state index is -0.232. The first-order chi connectivity index (χ1) is 12.5. The van der Waals surface area contributed by atoms with Crippen LogP contribution in [0.15, 0.2) is 47.3 Å². The predicted octanol–water partition coefficient (Wildman–Crippen LogP) is 3.62. The first-order valence-electron chi connectivity index (χ1n) is 8.44. The van der Waals surface area contributed by atoms with Crippen LogP contribution in [0.5, 0.6) is 0 Å². The summed E-state index contributed by atoms with van der Waals surface area (Å²) in [6.45, 7) is 2.04. The van der Waals surface area contributed by atoms with Crippen LogP contribution in [0.25, 0.3) is 22.6 Å². The van der Waals surface area contributed by atoms with Gasteiger partial charge in [-0.2, -0.15) is 5.26 Å². The van der Waals surface area contributed by atoms with Gasteiger partial charge < -0.3 is 9.88 Å². The van der Waals surface area contributed by atoms with Crippen LogP contribution in [-0.4, -0.2) is 24.1 Å². The van der Waals surface area contributed by atoms with Crippen LogP contribution in [-0.2, 0) is 6.42 Å². The summed E-state index contributed by atoms with van der Waals surface area (Å²) in [5.74, 6) is 0.283. The molecule has 0 aliphatic heterocycles. The molecule has 0 radical (unpaired) electrons. The van der Waals surface area contributed by atoms with Crippen LogP contribution >= 0.6 is 0 Å². The molecule has 0 unspecified atom stereocenters. The molecule has 0 fully saturated rings. The Morgan fingerprint density at radius 2 is 1.96 bits per heavy atom. The van der Waals surface area contributed by atoms with Crippen LogP contribution in [0, 0.1) is 11.3 Å². The molecule has 130 valence electrons. The van der Waals surface area contributed by atoms with Crippen LogP contribution in [0.3, 0.4) is 0 Å². The van der Waals surface area contributed by atoms with Crippen molar-refractivity contribution in [2.75, 3.05) is 19.0 Å². The molecule has 0 saturated carbocycles. The fourth-order valence-corrected chi connectivity index (χ4v) is 2.72. The van der Waals surface area contributed by atoms with E-state index in [1.807, 2.05) is 68.4 Å². The average Bonchev–Trinajstić information content (AvgIpc) is 2.66. The number of nitriles is 1. The largest absolute Gasteiger partial charge is 0.378 e. The van der Waals surface area contributed by atoms with Gasteiger partial charge in [0.15, 0.2) is 5.82 Å². The van der Waals surface area contributed by atoms with Crippen molar-refractivity contribution in [1.29, 1.82) is 5.26 Å². The van der Waals surface area contributed by atoms with Gasteiger partial charge in [-0.3, -0.25) is 4.79 Å². The van der Waals surface area contributed by atoms with E-state index in [0.717, 1.165) is 23.2 Å². The number of allylic oxidation sites excluding steroid dienone is 1. The summed E-state index contributed by atoms with van der Waals surface area (Å²) in [5, 5.41) is 10.1. The third kappa shape index (κ3) is 3.50. The number of aryl methyl sites for hydroxylation is 1. The lowest BCUT2D eigenvalue weighted by atomic mass is 10.1. The molecule has 1 aromatic heterocycles. The molecule has 0 spiro atoms. The highest BCUT2D eigenvalue weighted by Crippen LogP contribution is 2.19. The van der Waals surface area contributed by atoms with Crippen molar-refractivity contribution in [2.45, 2.75) is 13.3 Å². The molecule has 3 rings (SSSR count). The number of aromatic nitrogens is 2. The normalized spacial score (nSPS) is 11.4. The Morgan fingerprint density at radius 3 is 2.58 bits per heavy atom. The molecule has 0 atom stereocenters. The number of nitrogens with one attached hydrogen (secondary N) is 1. The number of hydrogen-bond acceptors (Lipinski definition) is 4. The quantitative estimate of drug-likeness (QED) is 0.734. The second-order valence-electron chi connectivity index (χ2n) is 6.28. The molecule has 26 heavy (non-hydrogen) atoms. The Labute approximate surface area is 152 Å². The van der Waals surface area contributed by atoms with E-state index in [0.29, 0.717) is 16.5 Å². The van der Waals surface area contributed by atoms with Gasteiger partial charge in [0.2, 0.25) is 0 Å². The summed E-state index contributed by atoms with van der Waals surface area (Å²) in [5.41, 5.74) is 3.70. The average molecular weight is 344 g/mol. The monoisotopic (exact) mass is 344 g/mol. The van der Waals surface area contributed by atoms with Gasteiger partial charge in [0.25, 0.3) is 5.56 Å². The van der Waals surface area contributed by atoms with Crippen molar-refractivity contribution in [3.63, 3.8) is 0 Å². The van der Waals surface area contributed by atoms with Crippen molar-refractivity contribution in [3.05, 3.63) is 69.8 Å². The highest BCUT2D eigenvalue weighted by atomic mass is 16.1. The van der Waals surface area contributed by atoms with Crippen molar-refractivity contribution in [3.8, 4) is 6.07 Å². The summed E-state index contributed by atoms with van der Waals surface area (Å²) < 4.78 is 0. The molecule has 5 nitrogen and oxygen atoms in total. The molecule has 2 aromatic carbocycles. The molecule has 3 aromatic rings. The Kier molecular flexibility index (Phi) is 4.85. The summed E-state index contributed by atoms with van der Waals surface area (Å²) in [4.78, 5) is 21.6. The smallest absolute Gasteiger partial charge is 0.259 e. The zero-order chi connectivity index (χ0) is 18.7. The van der Waals surface area contributed by atoms with Gasteiger partial charge in [0, 0.05) is 19.8 Å². The molecule has 0 saturated heterocycles. The van der Waals surface area contributed by atoms with E-state index < -0.39 is 0 Å². The van der Waals surface area contributed by atoms with E-state index in [9.17, 15) is 10.1 Å². The van der Waals surface area contributed by atoms with Gasteiger partial charge in [-0.25, -0.2) is 4.98 Å². The molecular weight excluding hydrogens is 324 g/mol. The van der Waals surface area contributed by atoms with Crippen molar-refractivity contribution < 1.29 is 0 Å². The lowest BCUT2D eigenvalue weighted by Crippen LogP contribution is -2.11. The minimum Gasteiger partial charge on any atom is -0.378 e. The molecule has 5 heteroatoms. The van der Waals surface area contributed by atoms with Gasteiger partial charge in [-0.15, -0.1) is 0 Å². The number of nitrogens with zero attached hydrogens (tertiary/aromatic N) is 3. The van der Waals surface area contributed by atoms with E-state index in [4.69, 9.17) is 0 Å². The Bertz CT molecular complexity index is 1070. The predicted molar refractivity (Wildman–Crippen MR) is 106 cm³/mol. The Balaban J connectivity index is 2.05. The maximum atomic E-state index is 12.4. The standard InChI is InChI=1S/C21H20N4O/c1-4-14-7-10-19-18(12-14)21(26)24-20(23-19)16(13-22)11-15-5-8-17(9-6-15)25(2)3/h5-12H,4H2,1-3H3,(H,23,24,26)/b16-11+. The van der Waals surface area contributed by atoms with Crippen molar-refractivity contribution in [1.82, 2.24) is 9.97 Å². The van der Waals surface area contributed by atoms with Gasteiger partial charge in [0.1, 0.15) is 6.07 Å². The SMILES string of the molecule is CCc1ccc2nc(/C(C#N)=C/c3ccc(N(C)C)cc3)[nH]c(=O)c2c1. The molecule has 1 heterocycles. The second-order valence-corrected chi connectivity index (χ2v) is 6.28. The number of hydrogen-bond donors (Lipinski definition) is 1. The highest BCUT2D eigenvalue weighted by molar-refractivity contribution is 5.89. The number of anilines is 1. The van der Waals surface area contributed by atoms with Crippen LogP contribution in [0.4, 0.5) is 5.69 Å². The molecule has 1 N–H and O–H groups in total.